The van der Waals surface area contributed by atoms with E-state index in [0.29, 0.717) is 11.9 Å². The van der Waals surface area contributed by atoms with Gasteiger partial charge in [-0.05, 0) is 37.3 Å². The molecule has 0 bridgehead atoms. The molecule has 2 unspecified atom stereocenters. The van der Waals surface area contributed by atoms with Gasteiger partial charge in [0.2, 0.25) is 11.9 Å². The molecule has 3 rings (SSSR count). The van der Waals surface area contributed by atoms with Gasteiger partial charge < -0.3 is 11.1 Å². The molecule has 1 aliphatic carbocycles. The van der Waals surface area contributed by atoms with E-state index in [1.165, 1.54) is 25.0 Å². The Morgan fingerprint density at radius 2 is 1.95 bits per heavy atom. The van der Waals surface area contributed by atoms with Gasteiger partial charge in [-0.15, -0.1) is 0 Å². The first kappa shape index (κ1) is 14.7. The number of benzene rings is 1. The van der Waals surface area contributed by atoms with Crippen LogP contribution in [0.2, 0.25) is 0 Å². The molecule has 0 spiro atoms. The van der Waals surface area contributed by atoms with Crippen LogP contribution in [0.5, 0.6) is 0 Å². The molecule has 3 N–H and O–H groups in total. The molecule has 0 saturated heterocycles. The summed E-state index contributed by atoms with van der Waals surface area (Å²) in [4.78, 5) is 12.2. The van der Waals surface area contributed by atoms with Crippen molar-refractivity contribution in [2.24, 2.45) is 5.92 Å². The van der Waals surface area contributed by atoms with Crippen LogP contribution in [0.25, 0.3) is 0 Å². The smallest absolute Gasteiger partial charge is 0.228 e. The van der Waals surface area contributed by atoms with Gasteiger partial charge in [0, 0.05) is 0 Å². The molecule has 1 heterocycles. The van der Waals surface area contributed by atoms with Gasteiger partial charge in [-0.3, -0.25) is 0 Å². The van der Waals surface area contributed by atoms with Crippen molar-refractivity contribution in [1.29, 1.82) is 0 Å². The molecule has 22 heavy (non-hydrogen) atoms. The highest BCUT2D eigenvalue weighted by Crippen LogP contribution is 2.37. The summed E-state index contributed by atoms with van der Waals surface area (Å²) in [5.74, 6) is 0.789. The molecule has 5 nitrogen and oxygen atoms in total. The highest BCUT2D eigenvalue weighted by atomic mass is 19.1. The van der Waals surface area contributed by atoms with Crippen LogP contribution in [0.1, 0.15) is 43.8 Å². The maximum absolute atomic E-state index is 14.1. The molecule has 116 valence electrons. The fourth-order valence-corrected chi connectivity index (χ4v) is 2.88. The molecule has 1 aromatic heterocycles. The summed E-state index contributed by atoms with van der Waals surface area (Å²) < 4.78 is 14.1. The van der Waals surface area contributed by atoms with Gasteiger partial charge in [-0.1, -0.05) is 31.2 Å². The van der Waals surface area contributed by atoms with E-state index < -0.39 is 5.67 Å². The Bertz CT molecular complexity index is 695. The average Bonchev–Trinajstić information content (AvgIpc) is 2.74. The van der Waals surface area contributed by atoms with Crippen LogP contribution in [0.15, 0.2) is 24.3 Å². The summed E-state index contributed by atoms with van der Waals surface area (Å²) in [6.07, 6.45) is 0.996. The topological polar surface area (TPSA) is 76.7 Å². The van der Waals surface area contributed by atoms with E-state index in [1.807, 2.05) is 12.1 Å². The van der Waals surface area contributed by atoms with Gasteiger partial charge in [0.15, 0.2) is 11.5 Å². The molecule has 1 aliphatic rings. The van der Waals surface area contributed by atoms with E-state index in [4.69, 9.17) is 5.73 Å². The normalized spacial score (nSPS) is 20.7. The van der Waals surface area contributed by atoms with Gasteiger partial charge in [-0.2, -0.15) is 15.0 Å². The van der Waals surface area contributed by atoms with Crippen molar-refractivity contribution in [2.75, 3.05) is 11.1 Å². The Balaban J connectivity index is 1.92. The number of anilines is 2. The molecular formula is C16H20FN5. The lowest BCUT2D eigenvalue weighted by Gasteiger charge is -2.20. The van der Waals surface area contributed by atoms with Gasteiger partial charge in [0.1, 0.15) is 0 Å². The van der Waals surface area contributed by atoms with E-state index in [2.05, 4.69) is 39.3 Å². The first-order valence-corrected chi connectivity index (χ1v) is 7.40. The third kappa shape index (κ3) is 2.73. The highest BCUT2D eigenvalue weighted by Gasteiger charge is 2.30. The molecule has 2 atom stereocenters. The number of hydrogen-bond donors (Lipinski definition) is 2. The Kier molecular flexibility index (Phi) is 3.47. The summed E-state index contributed by atoms with van der Waals surface area (Å²) in [6, 6.07) is 8.38. The first-order chi connectivity index (χ1) is 10.3. The van der Waals surface area contributed by atoms with Gasteiger partial charge in [0.25, 0.3) is 0 Å². The molecule has 6 heteroatoms. The molecular weight excluding hydrogens is 281 g/mol. The number of nitrogen functional groups attached to an aromatic ring is 1. The summed E-state index contributed by atoms with van der Waals surface area (Å²) in [7, 11) is 0. The standard InChI is InChI=1S/C16H20FN5/c1-9-8-10-6-4-5-7-11(10)12(9)19-15-21-13(16(2,3)17)20-14(18)22-15/h4-7,9,12H,8H2,1-3H3,(H3,18,19,20,21,22). The van der Waals surface area contributed by atoms with Crippen LogP contribution in [0.3, 0.4) is 0 Å². The molecule has 0 fully saturated rings. The largest absolute Gasteiger partial charge is 0.368 e. The SMILES string of the molecule is CC1Cc2ccccc2C1Nc1nc(N)nc(C(C)(C)F)n1. The number of alkyl halides is 1. The van der Waals surface area contributed by atoms with Crippen molar-refractivity contribution in [3.8, 4) is 0 Å². The predicted molar refractivity (Wildman–Crippen MR) is 84.0 cm³/mol. The lowest BCUT2D eigenvalue weighted by Crippen LogP contribution is -2.21. The lowest BCUT2D eigenvalue weighted by atomic mass is 10.0. The van der Waals surface area contributed by atoms with Crippen molar-refractivity contribution in [2.45, 2.75) is 38.9 Å². The molecule has 0 amide bonds. The summed E-state index contributed by atoms with van der Waals surface area (Å²) in [5.41, 5.74) is 6.58. The van der Waals surface area contributed by atoms with Crippen molar-refractivity contribution in [3.05, 3.63) is 41.2 Å². The molecule has 0 radical (unpaired) electrons. The minimum Gasteiger partial charge on any atom is -0.368 e. The molecule has 2 aromatic rings. The summed E-state index contributed by atoms with van der Waals surface area (Å²) >= 11 is 0. The molecule has 1 aromatic carbocycles. The van der Waals surface area contributed by atoms with Crippen molar-refractivity contribution < 1.29 is 4.39 Å². The van der Waals surface area contributed by atoms with Crippen LogP contribution in [-0.2, 0) is 12.1 Å². The van der Waals surface area contributed by atoms with Crippen LogP contribution in [0.4, 0.5) is 16.3 Å². The third-order valence-corrected chi connectivity index (χ3v) is 3.97. The third-order valence-electron chi connectivity index (χ3n) is 3.97. The van der Waals surface area contributed by atoms with E-state index in [1.54, 1.807) is 0 Å². The number of rotatable bonds is 3. The number of nitrogens with zero attached hydrogens (tertiary/aromatic N) is 3. The summed E-state index contributed by atoms with van der Waals surface area (Å²) in [5, 5.41) is 3.29. The second kappa shape index (κ2) is 5.19. The summed E-state index contributed by atoms with van der Waals surface area (Å²) in [6.45, 7) is 4.97. The maximum Gasteiger partial charge on any atom is 0.228 e. The fourth-order valence-electron chi connectivity index (χ4n) is 2.88. The Morgan fingerprint density at radius 3 is 2.68 bits per heavy atom. The second-order valence-corrected chi connectivity index (χ2v) is 6.32. The molecule has 0 aliphatic heterocycles. The number of nitrogens with one attached hydrogen (secondary N) is 1. The average molecular weight is 301 g/mol. The Morgan fingerprint density at radius 1 is 1.23 bits per heavy atom. The zero-order valence-electron chi connectivity index (χ0n) is 13.0. The number of hydrogen-bond acceptors (Lipinski definition) is 5. The van der Waals surface area contributed by atoms with Crippen molar-refractivity contribution in [1.82, 2.24) is 15.0 Å². The first-order valence-electron chi connectivity index (χ1n) is 7.40. The quantitative estimate of drug-likeness (QED) is 0.911. The highest BCUT2D eigenvalue weighted by molar-refractivity contribution is 5.42. The number of aromatic nitrogens is 3. The number of halogens is 1. The van der Waals surface area contributed by atoms with Crippen LogP contribution < -0.4 is 11.1 Å². The van der Waals surface area contributed by atoms with Crippen molar-refractivity contribution in [3.63, 3.8) is 0 Å². The van der Waals surface area contributed by atoms with E-state index in [0.717, 1.165) is 6.42 Å². The Hall–Kier alpha value is -2.24. The zero-order valence-corrected chi connectivity index (χ0v) is 13.0. The van der Waals surface area contributed by atoms with E-state index >= 15 is 0 Å². The second-order valence-electron chi connectivity index (χ2n) is 6.32. The van der Waals surface area contributed by atoms with Crippen LogP contribution >= 0.6 is 0 Å². The maximum atomic E-state index is 14.1. The van der Waals surface area contributed by atoms with Gasteiger partial charge >= 0.3 is 0 Å². The fraction of sp³-hybridized carbons (Fsp3) is 0.438. The van der Waals surface area contributed by atoms with Gasteiger partial charge in [-0.25, -0.2) is 4.39 Å². The van der Waals surface area contributed by atoms with E-state index in [-0.39, 0.29) is 17.8 Å². The predicted octanol–water partition coefficient (Wildman–Crippen LogP) is 3.00. The molecule has 0 saturated carbocycles. The van der Waals surface area contributed by atoms with Gasteiger partial charge in [0.05, 0.1) is 6.04 Å². The van der Waals surface area contributed by atoms with Crippen LogP contribution in [-0.4, -0.2) is 15.0 Å². The lowest BCUT2D eigenvalue weighted by molar-refractivity contribution is 0.206. The minimum absolute atomic E-state index is 0.0251. The monoisotopic (exact) mass is 301 g/mol. The minimum atomic E-state index is -1.66. The van der Waals surface area contributed by atoms with Crippen molar-refractivity contribution >= 4 is 11.9 Å². The zero-order chi connectivity index (χ0) is 15.9. The number of nitrogens with two attached hydrogens (primary N) is 1. The Labute approximate surface area is 129 Å². The van der Waals surface area contributed by atoms with E-state index in [9.17, 15) is 4.39 Å². The number of fused-ring (bicyclic) bond motifs is 1. The van der Waals surface area contributed by atoms with Crippen LogP contribution in [0, 0.1) is 5.92 Å².